The predicted octanol–water partition coefficient (Wildman–Crippen LogP) is 4.16. The van der Waals surface area contributed by atoms with Gasteiger partial charge in [-0.1, -0.05) is 12.1 Å². The molecule has 0 saturated carbocycles. The number of amides is 1. The lowest BCUT2D eigenvalue weighted by Crippen LogP contribution is -2.35. The van der Waals surface area contributed by atoms with Crippen LogP contribution in [0.5, 0.6) is 5.75 Å². The maximum atomic E-state index is 13.9. The van der Waals surface area contributed by atoms with E-state index in [9.17, 15) is 9.18 Å². The van der Waals surface area contributed by atoms with E-state index < -0.39 is 0 Å². The molecule has 2 aromatic carbocycles. The average molecular weight is 423 g/mol. The summed E-state index contributed by atoms with van der Waals surface area (Å²) in [4.78, 5) is 21.2. The maximum Gasteiger partial charge on any atom is 0.223 e. The molecule has 0 atom stereocenters. The third-order valence-electron chi connectivity index (χ3n) is 5.53. The van der Waals surface area contributed by atoms with Crippen LogP contribution in [-0.4, -0.2) is 49.1 Å². The number of nitrogens with zero attached hydrogens (tertiary/aromatic N) is 3. The Morgan fingerprint density at radius 1 is 1.10 bits per heavy atom. The standard InChI is InChI=1S/C24H26FN3O3/c1-30-19-9-7-18(8-10-19)27-13-4-14-28(16-15-27)24(29)12-11-23-26-17-22(31-23)20-5-2-3-6-21(20)25/h2-3,5-10,17H,4,11-16H2,1H3. The molecule has 0 N–H and O–H groups in total. The van der Waals surface area contributed by atoms with Gasteiger partial charge in [-0.15, -0.1) is 0 Å². The van der Waals surface area contributed by atoms with Crippen LogP contribution < -0.4 is 9.64 Å². The first kappa shape index (κ1) is 20.9. The Morgan fingerprint density at radius 3 is 2.68 bits per heavy atom. The van der Waals surface area contributed by atoms with Gasteiger partial charge in [0.25, 0.3) is 0 Å². The highest BCUT2D eigenvalue weighted by Gasteiger charge is 2.20. The first-order chi connectivity index (χ1) is 15.1. The third-order valence-corrected chi connectivity index (χ3v) is 5.53. The van der Waals surface area contributed by atoms with Crippen LogP contribution >= 0.6 is 0 Å². The first-order valence-electron chi connectivity index (χ1n) is 10.5. The zero-order chi connectivity index (χ0) is 21.6. The molecular weight excluding hydrogens is 397 g/mol. The number of methoxy groups -OCH3 is 1. The molecule has 31 heavy (non-hydrogen) atoms. The zero-order valence-corrected chi connectivity index (χ0v) is 17.6. The molecule has 0 bridgehead atoms. The number of rotatable bonds is 6. The fourth-order valence-corrected chi connectivity index (χ4v) is 3.80. The number of ether oxygens (including phenoxy) is 1. The lowest BCUT2D eigenvalue weighted by molar-refractivity contribution is -0.131. The smallest absolute Gasteiger partial charge is 0.223 e. The number of carbonyl (C=O) groups is 1. The van der Waals surface area contributed by atoms with E-state index in [1.807, 2.05) is 29.2 Å². The van der Waals surface area contributed by atoms with Crippen molar-refractivity contribution in [2.24, 2.45) is 0 Å². The normalized spacial score (nSPS) is 14.4. The largest absolute Gasteiger partial charge is 0.497 e. The Hall–Kier alpha value is -3.35. The predicted molar refractivity (Wildman–Crippen MR) is 117 cm³/mol. The molecular formula is C24H26FN3O3. The lowest BCUT2D eigenvalue weighted by Gasteiger charge is -2.24. The highest BCUT2D eigenvalue weighted by atomic mass is 19.1. The van der Waals surface area contributed by atoms with Crippen molar-refractivity contribution >= 4 is 11.6 Å². The molecule has 0 spiro atoms. The summed E-state index contributed by atoms with van der Waals surface area (Å²) in [7, 11) is 1.66. The minimum Gasteiger partial charge on any atom is -0.497 e. The molecule has 0 radical (unpaired) electrons. The maximum absolute atomic E-state index is 13.9. The second-order valence-electron chi connectivity index (χ2n) is 7.52. The molecule has 1 saturated heterocycles. The van der Waals surface area contributed by atoms with E-state index in [4.69, 9.17) is 9.15 Å². The Bertz CT molecular complexity index is 1020. The van der Waals surface area contributed by atoms with E-state index in [-0.39, 0.29) is 11.7 Å². The Labute approximate surface area is 181 Å². The second kappa shape index (κ2) is 9.64. The number of anilines is 1. The Kier molecular flexibility index (Phi) is 6.50. The van der Waals surface area contributed by atoms with Gasteiger partial charge in [0.2, 0.25) is 5.91 Å². The number of halogens is 1. The molecule has 0 aliphatic carbocycles. The van der Waals surface area contributed by atoms with Gasteiger partial charge >= 0.3 is 0 Å². The molecule has 1 aromatic heterocycles. The Balaban J connectivity index is 1.30. The molecule has 3 aromatic rings. The van der Waals surface area contributed by atoms with Crippen molar-refractivity contribution in [2.75, 3.05) is 38.2 Å². The van der Waals surface area contributed by atoms with Crippen LogP contribution in [0.2, 0.25) is 0 Å². The van der Waals surface area contributed by atoms with Gasteiger partial charge < -0.3 is 19.0 Å². The molecule has 1 aliphatic rings. The molecule has 1 aliphatic heterocycles. The third kappa shape index (κ3) is 5.05. The molecule has 7 heteroatoms. The fourth-order valence-electron chi connectivity index (χ4n) is 3.80. The van der Waals surface area contributed by atoms with Gasteiger partial charge in [-0.25, -0.2) is 9.37 Å². The van der Waals surface area contributed by atoms with Gasteiger partial charge in [0, 0.05) is 44.7 Å². The van der Waals surface area contributed by atoms with Gasteiger partial charge in [-0.05, 0) is 42.8 Å². The van der Waals surface area contributed by atoms with Crippen molar-refractivity contribution in [1.29, 1.82) is 0 Å². The summed E-state index contributed by atoms with van der Waals surface area (Å²) in [6.07, 6.45) is 3.14. The number of benzene rings is 2. The number of hydrogen-bond acceptors (Lipinski definition) is 5. The van der Waals surface area contributed by atoms with E-state index in [2.05, 4.69) is 9.88 Å². The Morgan fingerprint density at radius 2 is 1.90 bits per heavy atom. The molecule has 2 heterocycles. The minimum absolute atomic E-state index is 0.0854. The zero-order valence-electron chi connectivity index (χ0n) is 17.6. The number of hydrogen-bond donors (Lipinski definition) is 0. The summed E-state index contributed by atoms with van der Waals surface area (Å²) in [5, 5.41) is 0. The van der Waals surface area contributed by atoms with Crippen LogP contribution in [0.3, 0.4) is 0 Å². The SMILES string of the molecule is COc1ccc(N2CCCN(C(=O)CCc3ncc(-c4ccccc4F)o3)CC2)cc1. The van der Waals surface area contributed by atoms with Crippen LogP contribution in [0.1, 0.15) is 18.7 Å². The quantitative estimate of drug-likeness (QED) is 0.596. The highest BCUT2D eigenvalue weighted by molar-refractivity contribution is 5.76. The lowest BCUT2D eigenvalue weighted by atomic mass is 10.2. The van der Waals surface area contributed by atoms with Crippen molar-refractivity contribution < 1.29 is 18.3 Å². The van der Waals surface area contributed by atoms with Crippen LogP contribution in [0.15, 0.2) is 59.1 Å². The van der Waals surface area contributed by atoms with Gasteiger partial charge in [0.1, 0.15) is 11.6 Å². The summed E-state index contributed by atoms with van der Waals surface area (Å²) >= 11 is 0. The number of aryl methyl sites for hydroxylation is 1. The summed E-state index contributed by atoms with van der Waals surface area (Å²) in [5.74, 6) is 1.39. The summed E-state index contributed by atoms with van der Waals surface area (Å²) in [6, 6.07) is 14.4. The number of oxazole rings is 1. The molecule has 4 rings (SSSR count). The topological polar surface area (TPSA) is 58.8 Å². The summed E-state index contributed by atoms with van der Waals surface area (Å²) in [6.45, 7) is 3.10. The van der Waals surface area contributed by atoms with Crippen molar-refractivity contribution in [3.8, 4) is 17.1 Å². The van der Waals surface area contributed by atoms with E-state index in [0.717, 1.165) is 37.5 Å². The van der Waals surface area contributed by atoms with Crippen molar-refractivity contribution in [3.05, 3.63) is 66.4 Å². The van der Waals surface area contributed by atoms with Crippen molar-refractivity contribution in [1.82, 2.24) is 9.88 Å². The summed E-state index contributed by atoms with van der Waals surface area (Å²) in [5.41, 5.74) is 1.51. The van der Waals surface area contributed by atoms with E-state index in [1.165, 1.54) is 12.3 Å². The first-order valence-corrected chi connectivity index (χ1v) is 10.5. The number of carbonyl (C=O) groups excluding carboxylic acids is 1. The minimum atomic E-state index is -0.354. The van der Waals surface area contributed by atoms with E-state index >= 15 is 0 Å². The average Bonchev–Trinajstić information content (AvgIpc) is 3.13. The van der Waals surface area contributed by atoms with Crippen molar-refractivity contribution in [2.45, 2.75) is 19.3 Å². The van der Waals surface area contributed by atoms with Gasteiger partial charge in [0.05, 0.1) is 18.9 Å². The van der Waals surface area contributed by atoms with Crippen molar-refractivity contribution in [3.63, 3.8) is 0 Å². The highest BCUT2D eigenvalue weighted by Crippen LogP contribution is 2.24. The van der Waals surface area contributed by atoms with Crippen LogP contribution in [0.4, 0.5) is 10.1 Å². The van der Waals surface area contributed by atoms with Crippen LogP contribution in [-0.2, 0) is 11.2 Å². The second-order valence-corrected chi connectivity index (χ2v) is 7.52. The van der Waals surface area contributed by atoms with Gasteiger partial charge in [-0.3, -0.25) is 4.79 Å². The molecule has 0 unspecified atom stereocenters. The van der Waals surface area contributed by atoms with Crippen LogP contribution in [0.25, 0.3) is 11.3 Å². The van der Waals surface area contributed by atoms with Gasteiger partial charge in [0.15, 0.2) is 11.7 Å². The number of aromatic nitrogens is 1. The van der Waals surface area contributed by atoms with E-state index in [1.54, 1.807) is 25.3 Å². The molecule has 1 fully saturated rings. The molecule has 6 nitrogen and oxygen atoms in total. The molecule has 162 valence electrons. The fraction of sp³-hybridized carbons (Fsp3) is 0.333. The summed E-state index contributed by atoms with van der Waals surface area (Å²) < 4.78 is 24.8. The van der Waals surface area contributed by atoms with Gasteiger partial charge in [-0.2, -0.15) is 0 Å². The van der Waals surface area contributed by atoms with E-state index in [0.29, 0.717) is 36.6 Å². The molecule has 1 amide bonds. The monoisotopic (exact) mass is 423 g/mol. The van der Waals surface area contributed by atoms with Crippen LogP contribution in [0, 0.1) is 5.82 Å².